The lowest BCUT2D eigenvalue weighted by atomic mass is 9.89. The Hall–Kier alpha value is -1.35. The van der Waals surface area contributed by atoms with E-state index >= 15 is 0 Å². The minimum absolute atomic E-state index is 0.801. The third kappa shape index (κ3) is 1.63. The highest BCUT2D eigenvalue weighted by molar-refractivity contribution is 5.80. The number of hydrogen-bond acceptors (Lipinski definition) is 2. The van der Waals surface area contributed by atoms with Gasteiger partial charge >= 0.3 is 5.97 Å². The van der Waals surface area contributed by atoms with Gasteiger partial charge in [-0.25, -0.2) is 4.79 Å². The summed E-state index contributed by atoms with van der Waals surface area (Å²) in [5, 5.41) is 12.0. The van der Waals surface area contributed by atoms with Gasteiger partial charge in [0, 0.05) is 0 Å². The zero-order chi connectivity index (χ0) is 10.8. The number of hydrogen-bond donors (Lipinski definition) is 2. The van der Waals surface area contributed by atoms with Crippen molar-refractivity contribution in [1.82, 2.24) is 5.32 Å². The Balaban J connectivity index is 3.26. The first-order valence-corrected chi connectivity index (χ1v) is 4.51. The average Bonchev–Trinajstić information content (AvgIpc) is 2.17. The zero-order valence-corrected chi connectivity index (χ0v) is 8.66. The maximum absolute atomic E-state index is 11.1. The third-order valence-corrected chi connectivity index (χ3v) is 2.61. The molecule has 1 aromatic carbocycles. The van der Waals surface area contributed by atoms with Crippen LogP contribution in [-0.2, 0) is 10.3 Å². The fourth-order valence-electron chi connectivity index (χ4n) is 1.49. The van der Waals surface area contributed by atoms with E-state index in [4.69, 9.17) is 5.11 Å². The highest BCUT2D eigenvalue weighted by Crippen LogP contribution is 2.23. The second-order valence-corrected chi connectivity index (χ2v) is 3.50. The summed E-state index contributed by atoms with van der Waals surface area (Å²) in [5.41, 5.74) is 0.771. The van der Waals surface area contributed by atoms with Gasteiger partial charge in [-0.2, -0.15) is 0 Å². The minimum Gasteiger partial charge on any atom is -0.480 e. The molecule has 0 heterocycles. The Labute approximate surface area is 83.8 Å². The van der Waals surface area contributed by atoms with Crippen molar-refractivity contribution in [3.63, 3.8) is 0 Å². The van der Waals surface area contributed by atoms with Gasteiger partial charge in [0.15, 0.2) is 0 Å². The molecule has 14 heavy (non-hydrogen) atoms. The number of nitrogens with one attached hydrogen (secondary N) is 1. The van der Waals surface area contributed by atoms with Crippen LogP contribution in [0.4, 0.5) is 0 Å². The van der Waals surface area contributed by atoms with Crippen LogP contribution in [0.2, 0.25) is 0 Å². The maximum Gasteiger partial charge on any atom is 0.328 e. The van der Waals surface area contributed by atoms with E-state index in [-0.39, 0.29) is 0 Å². The molecular weight excluding hydrogens is 178 g/mol. The summed E-state index contributed by atoms with van der Waals surface area (Å²) in [6.45, 7) is 3.57. The van der Waals surface area contributed by atoms with Crippen molar-refractivity contribution in [1.29, 1.82) is 0 Å². The number of benzene rings is 1. The van der Waals surface area contributed by atoms with Crippen molar-refractivity contribution in [2.75, 3.05) is 7.05 Å². The molecule has 0 amide bonds. The van der Waals surface area contributed by atoms with Crippen LogP contribution in [0.15, 0.2) is 24.3 Å². The summed E-state index contributed by atoms with van der Waals surface area (Å²) < 4.78 is 0. The van der Waals surface area contributed by atoms with Crippen LogP contribution >= 0.6 is 0 Å². The van der Waals surface area contributed by atoms with Gasteiger partial charge < -0.3 is 10.4 Å². The molecule has 0 saturated carbocycles. The molecule has 0 aliphatic carbocycles. The fraction of sp³-hybridized carbons (Fsp3) is 0.364. The van der Waals surface area contributed by atoms with Crippen molar-refractivity contribution < 1.29 is 9.90 Å². The van der Waals surface area contributed by atoms with Crippen LogP contribution < -0.4 is 5.32 Å². The Bertz CT molecular complexity index is 349. The summed E-state index contributed by atoms with van der Waals surface area (Å²) in [5.74, 6) is -0.866. The molecule has 2 N–H and O–H groups in total. The molecule has 1 aromatic rings. The van der Waals surface area contributed by atoms with Gasteiger partial charge in [-0.05, 0) is 32.0 Å². The number of rotatable bonds is 3. The van der Waals surface area contributed by atoms with Crippen molar-refractivity contribution in [2.24, 2.45) is 0 Å². The normalized spacial score (nSPS) is 14.8. The lowest BCUT2D eigenvalue weighted by Gasteiger charge is -2.26. The molecule has 1 rings (SSSR count). The molecule has 3 heteroatoms. The van der Waals surface area contributed by atoms with Gasteiger partial charge in [-0.15, -0.1) is 0 Å². The minimum atomic E-state index is -1.01. The van der Waals surface area contributed by atoms with Gasteiger partial charge in [0.2, 0.25) is 0 Å². The second kappa shape index (κ2) is 3.80. The van der Waals surface area contributed by atoms with Crippen molar-refractivity contribution >= 4 is 5.97 Å². The van der Waals surface area contributed by atoms with E-state index in [0.29, 0.717) is 0 Å². The molecule has 76 valence electrons. The van der Waals surface area contributed by atoms with Gasteiger partial charge in [-0.3, -0.25) is 0 Å². The summed E-state index contributed by atoms with van der Waals surface area (Å²) in [6.07, 6.45) is 0. The molecule has 0 fully saturated rings. The molecule has 0 aliphatic heterocycles. The first kappa shape index (κ1) is 10.7. The Morgan fingerprint density at radius 2 is 2.00 bits per heavy atom. The number of carbonyl (C=O) groups is 1. The summed E-state index contributed by atoms with van der Waals surface area (Å²) in [4.78, 5) is 11.1. The molecule has 0 spiro atoms. The highest BCUT2D eigenvalue weighted by atomic mass is 16.4. The van der Waals surface area contributed by atoms with E-state index < -0.39 is 11.5 Å². The van der Waals surface area contributed by atoms with Gasteiger partial charge in [-0.1, -0.05) is 24.3 Å². The van der Waals surface area contributed by atoms with Crippen molar-refractivity contribution in [2.45, 2.75) is 19.4 Å². The molecular formula is C11H15NO2. The Kier molecular flexibility index (Phi) is 2.91. The number of carboxylic acid groups (broad SMARTS) is 1. The highest BCUT2D eigenvalue weighted by Gasteiger charge is 2.34. The first-order valence-electron chi connectivity index (χ1n) is 4.51. The number of carboxylic acids is 1. The number of aryl methyl sites for hydroxylation is 1. The fourth-order valence-corrected chi connectivity index (χ4v) is 1.49. The molecule has 0 aromatic heterocycles. The monoisotopic (exact) mass is 193 g/mol. The molecule has 1 atom stereocenters. The van der Waals surface area contributed by atoms with Gasteiger partial charge in [0.05, 0.1) is 0 Å². The van der Waals surface area contributed by atoms with Gasteiger partial charge in [0.25, 0.3) is 0 Å². The molecule has 0 radical (unpaired) electrons. The van der Waals surface area contributed by atoms with Crippen LogP contribution in [0.3, 0.4) is 0 Å². The van der Waals surface area contributed by atoms with Crippen LogP contribution in [0.25, 0.3) is 0 Å². The average molecular weight is 193 g/mol. The number of aliphatic carboxylic acids is 1. The molecule has 0 saturated heterocycles. The zero-order valence-electron chi connectivity index (χ0n) is 8.66. The standard InChI is InChI=1S/C11H15NO2/c1-8-6-4-5-7-9(8)11(2,12-3)10(13)14/h4-7,12H,1-3H3,(H,13,14). The Morgan fingerprint density at radius 1 is 1.43 bits per heavy atom. The largest absolute Gasteiger partial charge is 0.480 e. The maximum atomic E-state index is 11.1. The van der Waals surface area contributed by atoms with Crippen LogP contribution in [-0.4, -0.2) is 18.1 Å². The van der Waals surface area contributed by atoms with Crippen LogP contribution in [0.1, 0.15) is 18.1 Å². The van der Waals surface area contributed by atoms with Crippen molar-refractivity contribution in [3.8, 4) is 0 Å². The SMILES string of the molecule is CNC(C)(C(=O)O)c1ccccc1C. The summed E-state index contributed by atoms with van der Waals surface area (Å²) >= 11 is 0. The van der Waals surface area contributed by atoms with Crippen LogP contribution in [0, 0.1) is 6.92 Å². The summed E-state index contributed by atoms with van der Waals surface area (Å²) in [6, 6.07) is 7.49. The van der Waals surface area contributed by atoms with E-state index in [1.807, 2.05) is 31.2 Å². The second-order valence-electron chi connectivity index (χ2n) is 3.50. The molecule has 1 unspecified atom stereocenters. The first-order chi connectivity index (χ1) is 6.52. The quantitative estimate of drug-likeness (QED) is 0.765. The molecule has 3 nitrogen and oxygen atoms in total. The Morgan fingerprint density at radius 3 is 2.43 bits per heavy atom. The van der Waals surface area contributed by atoms with Gasteiger partial charge in [0.1, 0.15) is 5.54 Å². The van der Waals surface area contributed by atoms with E-state index in [9.17, 15) is 4.79 Å². The predicted molar refractivity (Wildman–Crippen MR) is 55.2 cm³/mol. The molecule has 0 aliphatic rings. The number of likely N-dealkylation sites (N-methyl/N-ethyl adjacent to an activating group) is 1. The lowest BCUT2D eigenvalue weighted by Crippen LogP contribution is -2.45. The van der Waals surface area contributed by atoms with Crippen molar-refractivity contribution in [3.05, 3.63) is 35.4 Å². The van der Waals surface area contributed by atoms with Crippen LogP contribution in [0.5, 0.6) is 0 Å². The predicted octanol–water partition coefficient (Wildman–Crippen LogP) is 1.51. The van der Waals surface area contributed by atoms with E-state index in [2.05, 4.69) is 5.32 Å². The topological polar surface area (TPSA) is 49.3 Å². The summed E-state index contributed by atoms with van der Waals surface area (Å²) in [7, 11) is 1.65. The molecule has 0 bridgehead atoms. The van der Waals surface area contributed by atoms with E-state index in [1.54, 1.807) is 14.0 Å². The lowest BCUT2D eigenvalue weighted by molar-refractivity contribution is -0.144. The smallest absolute Gasteiger partial charge is 0.328 e. The van der Waals surface area contributed by atoms with E-state index in [0.717, 1.165) is 11.1 Å². The third-order valence-electron chi connectivity index (χ3n) is 2.61. The van der Waals surface area contributed by atoms with E-state index in [1.165, 1.54) is 0 Å².